The van der Waals surface area contributed by atoms with Crippen molar-refractivity contribution in [3.8, 4) is 0 Å². The van der Waals surface area contributed by atoms with E-state index in [2.05, 4.69) is 30.0 Å². The van der Waals surface area contributed by atoms with Crippen LogP contribution in [0.25, 0.3) is 0 Å². The standard InChI is InChI=1S/C14H29N3O/c1-10-4-5-12(8-11(10)2)18-9-14-13(17-15-3)6-7-16-14/h10-17H,4-9H2,1-3H3. The first kappa shape index (κ1) is 14.3. The van der Waals surface area contributed by atoms with E-state index in [1.54, 1.807) is 0 Å². The minimum absolute atomic E-state index is 0.451. The van der Waals surface area contributed by atoms with E-state index in [9.17, 15) is 0 Å². The quantitative estimate of drug-likeness (QED) is 0.648. The normalized spacial score (nSPS) is 41.2. The lowest BCUT2D eigenvalue weighted by molar-refractivity contribution is -0.00823. The van der Waals surface area contributed by atoms with E-state index < -0.39 is 0 Å². The van der Waals surface area contributed by atoms with Crippen molar-refractivity contribution in [1.82, 2.24) is 16.2 Å². The number of hydrogen-bond acceptors (Lipinski definition) is 4. The maximum Gasteiger partial charge on any atom is 0.0639 e. The summed E-state index contributed by atoms with van der Waals surface area (Å²) in [7, 11) is 1.93. The first-order chi connectivity index (χ1) is 8.70. The molecule has 0 amide bonds. The summed E-state index contributed by atoms with van der Waals surface area (Å²) in [5, 5.41) is 3.52. The summed E-state index contributed by atoms with van der Waals surface area (Å²) >= 11 is 0. The van der Waals surface area contributed by atoms with Crippen LogP contribution in [0.5, 0.6) is 0 Å². The molecule has 3 N–H and O–H groups in total. The van der Waals surface area contributed by atoms with Crippen LogP contribution in [-0.2, 0) is 4.74 Å². The van der Waals surface area contributed by atoms with Gasteiger partial charge in [-0.25, -0.2) is 0 Å². The minimum Gasteiger partial charge on any atom is -0.377 e. The van der Waals surface area contributed by atoms with E-state index >= 15 is 0 Å². The molecular formula is C14H29N3O. The molecule has 1 saturated carbocycles. The Balaban J connectivity index is 1.71. The fraction of sp³-hybridized carbons (Fsp3) is 1.00. The molecule has 1 aliphatic carbocycles. The molecule has 2 aliphatic rings. The van der Waals surface area contributed by atoms with E-state index in [0.29, 0.717) is 18.2 Å². The van der Waals surface area contributed by atoms with E-state index in [4.69, 9.17) is 4.74 Å². The van der Waals surface area contributed by atoms with Crippen LogP contribution < -0.4 is 16.2 Å². The summed E-state index contributed by atoms with van der Waals surface area (Å²) in [6, 6.07) is 0.946. The van der Waals surface area contributed by atoms with E-state index in [1.807, 2.05) is 7.05 Å². The molecule has 1 aliphatic heterocycles. The van der Waals surface area contributed by atoms with Gasteiger partial charge in [0.25, 0.3) is 0 Å². The summed E-state index contributed by atoms with van der Waals surface area (Å²) in [5.41, 5.74) is 6.35. The van der Waals surface area contributed by atoms with E-state index in [1.165, 1.54) is 25.7 Å². The summed E-state index contributed by atoms with van der Waals surface area (Å²) in [6.45, 7) is 6.66. The smallest absolute Gasteiger partial charge is 0.0639 e. The summed E-state index contributed by atoms with van der Waals surface area (Å²) in [5.74, 6) is 1.68. The molecule has 5 atom stereocenters. The highest BCUT2D eigenvalue weighted by molar-refractivity contribution is 4.88. The Labute approximate surface area is 111 Å². The van der Waals surface area contributed by atoms with E-state index in [0.717, 1.165) is 25.0 Å². The van der Waals surface area contributed by atoms with Crippen LogP contribution in [0.2, 0.25) is 0 Å². The second-order valence-corrected chi connectivity index (χ2v) is 6.07. The van der Waals surface area contributed by atoms with Gasteiger partial charge in [-0.2, -0.15) is 0 Å². The van der Waals surface area contributed by atoms with Gasteiger partial charge in [-0.3, -0.25) is 10.9 Å². The molecule has 0 bridgehead atoms. The van der Waals surface area contributed by atoms with Gasteiger partial charge >= 0.3 is 0 Å². The number of ether oxygens (including phenoxy) is 1. The fourth-order valence-corrected chi connectivity index (χ4v) is 3.19. The average molecular weight is 255 g/mol. The first-order valence-corrected chi connectivity index (χ1v) is 7.48. The number of nitrogens with one attached hydrogen (secondary N) is 3. The zero-order valence-electron chi connectivity index (χ0n) is 12.0. The summed E-state index contributed by atoms with van der Waals surface area (Å²) < 4.78 is 6.13. The van der Waals surface area contributed by atoms with Crippen LogP contribution in [0, 0.1) is 11.8 Å². The van der Waals surface area contributed by atoms with Gasteiger partial charge in [-0.05, 0) is 51.1 Å². The maximum atomic E-state index is 6.13. The molecule has 106 valence electrons. The van der Waals surface area contributed by atoms with Gasteiger partial charge in [0.05, 0.1) is 12.7 Å². The second kappa shape index (κ2) is 6.85. The third-order valence-corrected chi connectivity index (χ3v) is 4.74. The highest BCUT2D eigenvalue weighted by atomic mass is 16.5. The van der Waals surface area contributed by atoms with Gasteiger partial charge in [0.1, 0.15) is 0 Å². The van der Waals surface area contributed by atoms with Crippen molar-refractivity contribution in [1.29, 1.82) is 0 Å². The molecule has 0 aromatic heterocycles. The van der Waals surface area contributed by atoms with Crippen molar-refractivity contribution < 1.29 is 4.74 Å². The highest BCUT2D eigenvalue weighted by Gasteiger charge is 2.29. The predicted octanol–water partition coefficient (Wildman–Crippen LogP) is 1.28. The van der Waals surface area contributed by atoms with Crippen molar-refractivity contribution in [2.45, 2.75) is 57.7 Å². The van der Waals surface area contributed by atoms with Crippen LogP contribution in [-0.4, -0.2) is 38.4 Å². The predicted molar refractivity (Wildman–Crippen MR) is 74.3 cm³/mol. The molecule has 2 fully saturated rings. The Hall–Kier alpha value is -0.160. The molecule has 0 radical (unpaired) electrons. The highest BCUT2D eigenvalue weighted by Crippen LogP contribution is 2.31. The molecule has 0 spiro atoms. The minimum atomic E-state index is 0.451. The molecule has 1 heterocycles. The van der Waals surface area contributed by atoms with Gasteiger partial charge < -0.3 is 10.1 Å². The number of rotatable bonds is 5. The van der Waals surface area contributed by atoms with Crippen LogP contribution in [0.4, 0.5) is 0 Å². The Bertz CT molecular complexity index is 249. The van der Waals surface area contributed by atoms with Crippen LogP contribution >= 0.6 is 0 Å². The summed E-state index contributed by atoms with van der Waals surface area (Å²) in [6.07, 6.45) is 5.45. The van der Waals surface area contributed by atoms with Gasteiger partial charge in [0.15, 0.2) is 0 Å². The molecule has 1 saturated heterocycles. The van der Waals surface area contributed by atoms with Crippen LogP contribution in [0.15, 0.2) is 0 Å². The molecule has 18 heavy (non-hydrogen) atoms. The second-order valence-electron chi connectivity index (χ2n) is 6.07. The molecule has 5 unspecified atom stereocenters. The monoisotopic (exact) mass is 255 g/mol. The topological polar surface area (TPSA) is 45.3 Å². The number of hydrazine groups is 1. The maximum absolute atomic E-state index is 6.13. The van der Waals surface area contributed by atoms with Crippen molar-refractivity contribution in [2.24, 2.45) is 11.8 Å². The third kappa shape index (κ3) is 3.67. The van der Waals surface area contributed by atoms with Crippen molar-refractivity contribution >= 4 is 0 Å². The Morgan fingerprint density at radius 3 is 2.72 bits per heavy atom. The van der Waals surface area contributed by atoms with Gasteiger partial charge in [-0.1, -0.05) is 13.8 Å². The zero-order valence-corrected chi connectivity index (χ0v) is 12.0. The average Bonchev–Trinajstić information content (AvgIpc) is 2.79. The third-order valence-electron chi connectivity index (χ3n) is 4.74. The molecular weight excluding hydrogens is 226 g/mol. The molecule has 2 rings (SSSR count). The van der Waals surface area contributed by atoms with Crippen molar-refractivity contribution in [2.75, 3.05) is 20.2 Å². The fourth-order valence-electron chi connectivity index (χ4n) is 3.19. The zero-order chi connectivity index (χ0) is 13.0. The molecule has 4 nitrogen and oxygen atoms in total. The lowest BCUT2D eigenvalue weighted by Gasteiger charge is -2.33. The lowest BCUT2D eigenvalue weighted by Crippen LogP contribution is -2.48. The van der Waals surface area contributed by atoms with Crippen LogP contribution in [0.3, 0.4) is 0 Å². The van der Waals surface area contributed by atoms with Gasteiger partial charge in [-0.15, -0.1) is 0 Å². The SMILES string of the molecule is CNNC1CCNC1COC1CCC(C)C(C)C1. The number of hydrogen-bond donors (Lipinski definition) is 3. The van der Waals surface area contributed by atoms with E-state index in [-0.39, 0.29) is 0 Å². The molecule has 4 heteroatoms. The van der Waals surface area contributed by atoms with Crippen molar-refractivity contribution in [3.63, 3.8) is 0 Å². The Kier molecular flexibility index (Phi) is 5.42. The van der Waals surface area contributed by atoms with Crippen LogP contribution in [0.1, 0.15) is 39.5 Å². The van der Waals surface area contributed by atoms with Gasteiger partial charge in [0, 0.05) is 12.1 Å². The summed E-state index contributed by atoms with van der Waals surface area (Å²) in [4.78, 5) is 0. The Morgan fingerprint density at radius 2 is 2.00 bits per heavy atom. The van der Waals surface area contributed by atoms with Gasteiger partial charge in [0.2, 0.25) is 0 Å². The largest absolute Gasteiger partial charge is 0.377 e. The first-order valence-electron chi connectivity index (χ1n) is 7.48. The molecule has 0 aromatic rings. The molecule has 0 aromatic carbocycles. The Morgan fingerprint density at radius 1 is 1.17 bits per heavy atom. The lowest BCUT2D eigenvalue weighted by atomic mass is 9.80. The van der Waals surface area contributed by atoms with Crippen molar-refractivity contribution in [3.05, 3.63) is 0 Å².